The molecule has 2 rings (SSSR count). The molecule has 0 saturated carbocycles. The van der Waals surface area contributed by atoms with Gasteiger partial charge in [0.1, 0.15) is 0 Å². The second kappa shape index (κ2) is 3.69. The van der Waals surface area contributed by atoms with Gasteiger partial charge in [-0.2, -0.15) is 11.8 Å². The van der Waals surface area contributed by atoms with Crippen molar-refractivity contribution in [3.05, 3.63) is 0 Å². The maximum Gasteiger partial charge on any atom is 0.0960 e. The van der Waals surface area contributed by atoms with Crippen LogP contribution in [0.3, 0.4) is 0 Å². The molecule has 0 aromatic heterocycles. The van der Waals surface area contributed by atoms with Gasteiger partial charge in [0, 0.05) is 24.8 Å². The molecule has 0 bridgehead atoms. The minimum absolute atomic E-state index is 0.697. The third-order valence-electron chi connectivity index (χ3n) is 2.76. The maximum atomic E-state index is 7.83. The number of hydrogen-bond acceptors (Lipinski definition) is 2. The Kier molecular flexibility index (Phi) is 2.59. The quantitative estimate of drug-likeness (QED) is 0.674. The van der Waals surface area contributed by atoms with E-state index in [1.165, 1.54) is 30.8 Å². The van der Waals surface area contributed by atoms with Gasteiger partial charge in [-0.25, -0.2) is 0 Å². The summed E-state index contributed by atoms with van der Waals surface area (Å²) in [6.45, 7) is 1.14. The molecule has 3 heteroatoms. The lowest BCUT2D eigenvalue weighted by molar-refractivity contribution is 0.299. The van der Waals surface area contributed by atoms with Gasteiger partial charge in [0.2, 0.25) is 0 Å². The molecule has 2 nitrogen and oxygen atoms in total. The Hall–Kier alpha value is -0.180. The summed E-state index contributed by atoms with van der Waals surface area (Å²) in [5.41, 5.74) is 0. The van der Waals surface area contributed by atoms with Crippen molar-refractivity contribution < 1.29 is 0 Å². The summed E-state index contributed by atoms with van der Waals surface area (Å²) in [7, 11) is 0. The van der Waals surface area contributed by atoms with Crippen LogP contribution < -0.4 is 0 Å². The molecule has 2 saturated heterocycles. The molecule has 0 radical (unpaired) electrons. The Labute approximate surface area is 78.2 Å². The molecular formula is C9H16N2S. The summed E-state index contributed by atoms with van der Waals surface area (Å²) in [5, 5.41) is 7.83. The fraction of sp³-hybridized carbons (Fsp3) is 0.889. The fourth-order valence-corrected chi connectivity index (χ4v) is 3.25. The van der Waals surface area contributed by atoms with E-state index in [2.05, 4.69) is 4.90 Å². The molecule has 1 N–H and O–H groups in total. The van der Waals surface area contributed by atoms with Crippen LogP contribution >= 0.6 is 11.8 Å². The van der Waals surface area contributed by atoms with Crippen LogP contribution in [0, 0.1) is 5.41 Å². The highest BCUT2D eigenvalue weighted by Gasteiger charge is 2.26. The maximum absolute atomic E-state index is 7.83. The Balaban J connectivity index is 1.95. The van der Waals surface area contributed by atoms with E-state index < -0.39 is 0 Å². The minimum atomic E-state index is 0.697. The molecule has 12 heavy (non-hydrogen) atoms. The van der Waals surface area contributed by atoms with E-state index in [1.807, 2.05) is 11.8 Å². The predicted molar refractivity (Wildman–Crippen MR) is 54.0 cm³/mol. The number of likely N-dealkylation sites (tertiary alicyclic amines) is 1. The van der Waals surface area contributed by atoms with E-state index in [9.17, 15) is 0 Å². The first-order valence-electron chi connectivity index (χ1n) is 4.80. The highest BCUT2D eigenvalue weighted by atomic mass is 32.2. The molecule has 2 fully saturated rings. The largest absolute Gasteiger partial charge is 0.357 e. The van der Waals surface area contributed by atoms with Crippen molar-refractivity contribution in [3.63, 3.8) is 0 Å². The third kappa shape index (κ3) is 1.60. The summed E-state index contributed by atoms with van der Waals surface area (Å²) in [5.74, 6) is 3.45. The van der Waals surface area contributed by atoms with E-state index in [4.69, 9.17) is 5.41 Å². The van der Waals surface area contributed by atoms with Crippen molar-refractivity contribution in [1.29, 1.82) is 5.41 Å². The van der Waals surface area contributed by atoms with Crippen LogP contribution in [0.2, 0.25) is 0 Å². The average molecular weight is 184 g/mol. The number of thioether (sulfide) groups is 1. The van der Waals surface area contributed by atoms with Crippen LogP contribution in [0.4, 0.5) is 0 Å². The summed E-state index contributed by atoms with van der Waals surface area (Å²) in [4.78, 5) is 2.34. The lowest BCUT2D eigenvalue weighted by atomic mass is 10.1. The summed E-state index contributed by atoms with van der Waals surface area (Å²) >= 11 is 2.04. The Morgan fingerprint density at radius 1 is 1.42 bits per heavy atom. The SMILES string of the molecule is N=C1CCCCN1C1CCSC1. The van der Waals surface area contributed by atoms with Gasteiger partial charge >= 0.3 is 0 Å². The first kappa shape index (κ1) is 8.42. The van der Waals surface area contributed by atoms with Gasteiger partial charge in [-0.3, -0.25) is 5.41 Å². The molecule has 1 atom stereocenters. The van der Waals surface area contributed by atoms with Gasteiger partial charge in [-0.15, -0.1) is 0 Å². The van der Waals surface area contributed by atoms with Gasteiger partial charge in [0.05, 0.1) is 5.84 Å². The second-order valence-corrected chi connectivity index (χ2v) is 4.76. The van der Waals surface area contributed by atoms with Crippen LogP contribution in [0.5, 0.6) is 0 Å². The minimum Gasteiger partial charge on any atom is -0.357 e. The van der Waals surface area contributed by atoms with Gasteiger partial charge in [-0.1, -0.05) is 0 Å². The first-order chi connectivity index (χ1) is 5.88. The van der Waals surface area contributed by atoms with Crippen molar-refractivity contribution >= 4 is 17.6 Å². The number of nitrogens with zero attached hydrogens (tertiary/aromatic N) is 1. The molecule has 0 amide bonds. The molecule has 2 aliphatic heterocycles. The van der Waals surface area contributed by atoms with Gasteiger partial charge in [0.25, 0.3) is 0 Å². The lowest BCUT2D eigenvalue weighted by Crippen LogP contribution is -2.42. The highest BCUT2D eigenvalue weighted by molar-refractivity contribution is 7.99. The highest BCUT2D eigenvalue weighted by Crippen LogP contribution is 2.25. The smallest absolute Gasteiger partial charge is 0.0960 e. The zero-order valence-corrected chi connectivity index (χ0v) is 8.20. The van der Waals surface area contributed by atoms with Crippen molar-refractivity contribution in [1.82, 2.24) is 4.90 Å². The summed E-state index contributed by atoms with van der Waals surface area (Å²) in [6.07, 6.45) is 4.84. The Bertz CT molecular complexity index is 175. The van der Waals surface area contributed by atoms with E-state index in [0.29, 0.717) is 6.04 Å². The van der Waals surface area contributed by atoms with E-state index >= 15 is 0 Å². The normalized spacial score (nSPS) is 31.2. The average Bonchev–Trinajstić information content (AvgIpc) is 2.57. The number of hydrogen-bond donors (Lipinski definition) is 1. The van der Waals surface area contributed by atoms with Gasteiger partial charge in [0.15, 0.2) is 0 Å². The molecular weight excluding hydrogens is 168 g/mol. The topological polar surface area (TPSA) is 27.1 Å². The van der Waals surface area contributed by atoms with E-state index in [-0.39, 0.29) is 0 Å². The first-order valence-corrected chi connectivity index (χ1v) is 5.95. The van der Waals surface area contributed by atoms with Crippen molar-refractivity contribution in [2.45, 2.75) is 31.7 Å². The molecule has 2 aliphatic rings. The van der Waals surface area contributed by atoms with Crippen molar-refractivity contribution in [2.75, 3.05) is 18.1 Å². The van der Waals surface area contributed by atoms with E-state index in [1.54, 1.807) is 0 Å². The lowest BCUT2D eigenvalue weighted by Gasteiger charge is -2.34. The van der Waals surface area contributed by atoms with Crippen LogP contribution in [-0.4, -0.2) is 34.8 Å². The van der Waals surface area contributed by atoms with Crippen LogP contribution in [0.1, 0.15) is 25.7 Å². The molecule has 1 unspecified atom stereocenters. The van der Waals surface area contributed by atoms with Gasteiger partial charge < -0.3 is 4.90 Å². The standard InChI is InChI=1S/C9H16N2S/c10-9-3-1-2-5-11(9)8-4-6-12-7-8/h8,10H,1-7H2. The summed E-state index contributed by atoms with van der Waals surface area (Å²) < 4.78 is 0. The fourth-order valence-electron chi connectivity index (χ4n) is 2.02. The Morgan fingerprint density at radius 3 is 3.00 bits per heavy atom. The zero-order chi connectivity index (χ0) is 8.39. The van der Waals surface area contributed by atoms with Gasteiger partial charge in [-0.05, 0) is 25.0 Å². The Morgan fingerprint density at radius 2 is 2.33 bits per heavy atom. The predicted octanol–water partition coefficient (Wildman–Crippen LogP) is 1.96. The molecule has 2 heterocycles. The van der Waals surface area contributed by atoms with Crippen LogP contribution in [-0.2, 0) is 0 Å². The molecule has 0 spiro atoms. The third-order valence-corrected chi connectivity index (χ3v) is 3.90. The number of nitrogens with one attached hydrogen (secondary N) is 1. The molecule has 0 aromatic carbocycles. The molecule has 0 aliphatic carbocycles. The van der Waals surface area contributed by atoms with Crippen molar-refractivity contribution in [3.8, 4) is 0 Å². The van der Waals surface area contributed by atoms with Crippen LogP contribution in [0.25, 0.3) is 0 Å². The molecule has 68 valence electrons. The number of piperidine rings is 1. The monoisotopic (exact) mass is 184 g/mol. The van der Waals surface area contributed by atoms with Crippen LogP contribution in [0.15, 0.2) is 0 Å². The summed E-state index contributed by atoms with van der Waals surface area (Å²) in [6, 6.07) is 0.697. The number of rotatable bonds is 1. The number of amidine groups is 1. The molecule has 0 aromatic rings. The van der Waals surface area contributed by atoms with E-state index in [0.717, 1.165) is 18.8 Å². The second-order valence-electron chi connectivity index (χ2n) is 3.61. The zero-order valence-electron chi connectivity index (χ0n) is 7.38. The van der Waals surface area contributed by atoms with Crippen molar-refractivity contribution in [2.24, 2.45) is 0 Å².